The van der Waals surface area contributed by atoms with E-state index in [4.69, 9.17) is 9.47 Å². The second-order valence-corrected chi connectivity index (χ2v) is 9.01. The van der Waals surface area contributed by atoms with Gasteiger partial charge in [-0.3, -0.25) is 9.69 Å². The lowest BCUT2D eigenvalue weighted by molar-refractivity contribution is 0.0998. The van der Waals surface area contributed by atoms with Crippen LogP contribution in [0.3, 0.4) is 0 Å². The number of hydrogen-bond donors (Lipinski definition) is 0. The molecule has 1 amide bonds. The van der Waals surface area contributed by atoms with Crippen molar-refractivity contribution in [2.24, 2.45) is 0 Å². The number of nitrogens with zero attached hydrogens (tertiary/aromatic N) is 2. The average molecular weight is 495 g/mol. The van der Waals surface area contributed by atoms with Crippen molar-refractivity contribution in [3.63, 3.8) is 0 Å². The summed E-state index contributed by atoms with van der Waals surface area (Å²) in [5.41, 5.74) is 1.69. The van der Waals surface area contributed by atoms with Crippen molar-refractivity contribution in [1.82, 2.24) is 4.90 Å². The molecule has 0 saturated carbocycles. The molecule has 0 bridgehead atoms. The van der Waals surface area contributed by atoms with Crippen LogP contribution in [-0.2, 0) is 6.54 Å². The molecule has 2 aromatic carbocycles. The van der Waals surface area contributed by atoms with Gasteiger partial charge in [0.1, 0.15) is 6.61 Å². The van der Waals surface area contributed by atoms with Gasteiger partial charge in [0.05, 0.1) is 19.2 Å². The maximum absolute atomic E-state index is 13.2. The number of carbonyl (C=O) groups is 1. The summed E-state index contributed by atoms with van der Waals surface area (Å²) >= 11 is 1.71. The van der Waals surface area contributed by atoms with Gasteiger partial charge in [0.15, 0.2) is 11.5 Å². The molecule has 8 heteroatoms. The van der Waals surface area contributed by atoms with Crippen LogP contribution in [0.4, 0.5) is 5.69 Å². The molecule has 3 aromatic rings. The number of carbonyl (C=O) groups excluding carboxylic acids is 1. The maximum Gasteiger partial charge on any atom is 0.260 e. The van der Waals surface area contributed by atoms with Crippen molar-refractivity contribution in [2.45, 2.75) is 25.8 Å². The van der Waals surface area contributed by atoms with E-state index in [9.17, 15) is 4.79 Å². The largest absolute Gasteiger partial charge is 0.493 e. The van der Waals surface area contributed by atoms with Crippen molar-refractivity contribution in [3.8, 4) is 11.5 Å². The third-order valence-electron chi connectivity index (χ3n) is 6.00. The molecule has 2 aliphatic rings. The van der Waals surface area contributed by atoms with Gasteiger partial charge in [-0.05, 0) is 44.1 Å². The van der Waals surface area contributed by atoms with Gasteiger partial charge < -0.3 is 14.4 Å². The highest BCUT2D eigenvalue weighted by molar-refractivity contribution is 7.19. The number of benzene rings is 2. The predicted molar refractivity (Wildman–Crippen MR) is 136 cm³/mol. The average Bonchev–Trinajstić information content (AvgIpc) is 3.31. The molecule has 0 spiro atoms. The highest BCUT2D eigenvalue weighted by atomic mass is 35.5. The first-order valence-electron chi connectivity index (χ1n) is 10.6. The van der Waals surface area contributed by atoms with E-state index in [0.717, 1.165) is 41.1 Å². The summed E-state index contributed by atoms with van der Waals surface area (Å²) in [7, 11) is 1.65. The number of halogens is 2. The number of thiophene rings is 1. The SMILES string of the molecule is COc1ccc(N2Cc3sc4ccccc4c3C2=O)cc1OCCN1CCCCC1.Cl.Cl. The fraction of sp³-hybridized carbons (Fsp3) is 0.375. The number of piperidine rings is 1. The Labute approximate surface area is 205 Å². The summed E-state index contributed by atoms with van der Waals surface area (Å²) < 4.78 is 12.8. The zero-order valence-electron chi connectivity index (χ0n) is 18.0. The van der Waals surface area contributed by atoms with E-state index in [-0.39, 0.29) is 30.7 Å². The molecular formula is C24H28Cl2N2O3S. The minimum absolute atomic E-state index is 0. The molecule has 1 saturated heterocycles. The molecule has 3 heterocycles. The second kappa shape index (κ2) is 10.8. The number of rotatable bonds is 6. The first-order valence-corrected chi connectivity index (χ1v) is 11.4. The van der Waals surface area contributed by atoms with Crippen molar-refractivity contribution in [2.75, 3.05) is 38.3 Å². The number of anilines is 1. The Kier molecular flexibility index (Phi) is 8.28. The number of fused-ring (bicyclic) bond motifs is 3. The normalized spacial score (nSPS) is 15.8. The Morgan fingerprint density at radius 2 is 1.78 bits per heavy atom. The Morgan fingerprint density at radius 3 is 2.56 bits per heavy atom. The highest BCUT2D eigenvalue weighted by Gasteiger charge is 2.32. The number of ether oxygens (including phenoxy) is 2. The van der Waals surface area contributed by atoms with Crippen LogP contribution < -0.4 is 14.4 Å². The van der Waals surface area contributed by atoms with E-state index in [1.54, 1.807) is 18.4 Å². The predicted octanol–water partition coefficient (Wildman–Crippen LogP) is 5.78. The van der Waals surface area contributed by atoms with E-state index in [1.165, 1.54) is 24.0 Å². The van der Waals surface area contributed by atoms with Gasteiger partial charge in [0, 0.05) is 33.3 Å². The van der Waals surface area contributed by atoms with Crippen LogP contribution in [0, 0.1) is 0 Å². The van der Waals surface area contributed by atoms with Crippen LogP contribution in [-0.4, -0.2) is 44.2 Å². The van der Waals surface area contributed by atoms with E-state index < -0.39 is 0 Å². The minimum Gasteiger partial charge on any atom is -0.493 e. The number of hydrogen-bond acceptors (Lipinski definition) is 5. The molecular weight excluding hydrogens is 467 g/mol. The second-order valence-electron chi connectivity index (χ2n) is 7.87. The van der Waals surface area contributed by atoms with Crippen LogP contribution in [0.25, 0.3) is 10.1 Å². The molecule has 32 heavy (non-hydrogen) atoms. The number of methoxy groups -OCH3 is 1. The topological polar surface area (TPSA) is 42.0 Å². The standard InChI is InChI=1S/C24H26N2O3S.2ClH/c1-28-19-10-9-17(15-20(19)29-14-13-25-11-5-2-6-12-25)26-16-22-23(24(26)27)18-7-3-4-8-21(18)30-22;;/h3-4,7-10,15H,2,5-6,11-14,16H2,1H3;2*1H. The molecule has 0 atom stereocenters. The van der Waals surface area contributed by atoms with Gasteiger partial charge in [-0.25, -0.2) is 0 Å². The molecule has 5 nitrogen and oxygen atoms in total. The first-order chi connectivity index (χ1) is 14.7. The summed E-state index contributed by atoms with van der Waals surface area (Å²) in [6, 6.07) is 13.9. The molecule has 0 radical (unpaired) electrons. The van der Waals surface area contributed by atoms with E-state index in [1.807, 2.05) is 41.3 Å². The van der Waals surface area contributed by atoms with Crippen LogP contribution in [0.1, 0.15) is 34.5 Å². The lowest BCUT2D eigenvalue weighted by Crippen LogP contribution is -2.33. The lowest BCUT2D eigenvalue weighted by Gasteiger charge is -2.26. The third kappa shape index (κ3) is 4.69. The number of likely N-dealkylation sites (tertiary alicyclic amines) is 1. The molecule has 0 N–H and O–H groups in total. The fourth-order valence-electron chi connectivity index (χ4n) is 4.41. The summed E-state index contributed by atoms with van der Waals surface area (Å²) in [5.74, 6) is 1.45. The Morgan fingerprint density at radius 1 is 1.00 bits per heavy atom. The van der Waals surface area contributed by atoms with E-state index >= 15 is 0 Å². The van der Waals surface area contributed by atoms with Crippen LogP contribution in [0.15, 0.2) is 42.5 Å². The van der Waals surface area contributed by atoms with E-state index in [0.29, 0.717) is 24.7 Å². The minimum atomic E-state index is 0. The fourth-order valence-corrected chi connectivity index (χ4v) is 5.60. The summed E-state index contributed by atoms with van der Waals surface area (Å²) in [6.07, 6.45) is 3.88. The molecule has 5 rings (SSSR count). The molecule has 2 aliphatic heterocycles. The maximum atomic E-state index is 13.2. The molecule has 1 fully saturated rings. The van der Waals surface area contributed by atoms with Gasteiger partial charge >= 0.3 is 0 Å². The quantitative estimate of drug-likeness (QED) is 0.435. The van der Waals surface area contributed by atoms with Crippen LogP contribution >= 0.6 is 36.2 Å². The summed E-state index contributed by atoms with van der Waals surface area (Å²) in [6.45, 7) is 4.44. The molecule has 0 aliphatic carbocycles. The zero-order chi connectivity index (χ0) is 20.5. The van der Waals surface area contributed by atoms with Gasteiger partial charge in [0.2, 0.25) is 0 Å². The monoisotopic (exact) mass is 494 g/mol. The van der Waals surface area contributed by atoms with Gasteiger partial charge in [0.25, 0.3) is 5.91 Å². The molecule has 0 unspecified atom stereocenters. The highest BCUT2D eigenvalue weighted by Crippen LogP contribution is 2.41. The smallest absolute Gasteiger partial charge is 0.260 e. The van der Waals surface area contributed by atoms with Gasteiger partial charge in [-0.15, -0.1) is 36.2 Å². The summed E-state index contributed by atoms with van der Waals surface area (Å²) in [4.78, 5) is 18.6. The van der Waals surface area contributed by atoms with Crippen molar-refractivity contribution >= 4 is 57.8 Å². The zero-order valence-corrected chi connectivity index (χ0v) is 20.5. The van der Waals surface area contributed by atoms with Gasteiger partial charge in [-0.1, -0.05) is 24.6 Å². The third-order valence-corrected chi connectivity index (χ3v) is 7.16. The van der Waals surface area contributed by atoms with Crippen LogP contribution in [0.2, 0.25) is 0 Å². The van der Waals surface area contributed by atoms with Crippen molar-refractivity contribution in [1.29, 1.82) is 0 Å². The van der Waals surface area contributed by atoms with Crippen molar-refractivity contribution in [3.05, 3.63) is 52.9 Å². The van der Waals surface area contributed by atoms with Gasteiger partial charge in [-0.2, -0.15) is 0 Å². The number of amides is 1. The van der Waals surface area contributed by atoms with Crippen molar-refractivity contribution < 1.29 is 14.3 Å². The molecule has 1 aromatic heterocycles. The summed E-state index contributed by atoms with van der Waals surface area (Å²) in [5, 5.41) is 1.05. The van der Waals surface area contributed by atoms with E-state index in [2.05, 4.69) is 11.0 Å². The van der Waals surface area contributed by atoms with Crippen LogP contribution in [0.5, 0.6) is 11.5 Å². The first kappa shape index (κ1) is 24.6. The Balaban J connectivity index is 0.00000144. The Hall–Kier alpha value is -1.99. The lowest BCUT2D eigenvalue weighted by atomic mass is 10.1. The molecule has 172 valence electrons. The Bertz CT molecular complexity index is 1080.